The normalized spacial score (nSPS) is 9.45. The SMILES string of the molecule is NC(=O)NN(C(N)=O)C(C(=O)O)N(NC(N)=O)C(N)=O. The van der Waals surface area contributed by atoms with Gasteiger partial charge in [-0.25, -0.2) is 34.8 Å². The number of hydrogen-bond acceptors (Lipinski definition) is 5. The monoisotopic (exact) mass is 292 g/mol. The number of carbonyl (C=O) groups excluding carboxylic acids is 4. The summed E-state index contributed by atoms with van der Waals surface area (Å²) in [4.78, 5) is 54.6. The number of rotatable bonds is 3. The molecule has 0 aliphatic heterocycles. The topological polar surface area (TPSA) is 240 Å². The molecule has 11 N–H and O–H groups in total. The number of carbonyl (C=O) groups is 5. The molecule has 0 saturated heterocycles. The molecular weight excluding hydrogens is 280 g/mol. The summed E-state index contributed by atoms with van der Waals surface area (Å²) in [5.41, 5.74) is 22.2. The Morgan fingerprint density at radius 1 is 0.800 bits per heavy atom. The van der Waals surface area contributed by atoms with Crippen LogP contribution < -0.4 is 33.8 Å². The molecule has 0 rings (SSSR count). The van der Waals surface area contributed by atoms with Crippen molar-refractivity contribution in [3.8, 4) is 0 Å². The fraction of sp³-hybridized carbons (Fsp3) is 0.167. The number of amides is 8. The zero-order chi connectivity index (χ0) is 16.0. The molecule has 0 aliphatic rings. The van der Waals surface area contributed by atoms with Gasteiger partial charge < -0.3 is 28.0 Å². The number of carboxylic acids is 1. The average Bonchev–Trinajstić information content (AvgIpc) is 2.24. The van der Waals surface area contributed by atoms with E-state index in [4.69, 9.17) is 28.0 Å². The smallest absolute Gasteiger partial charge is 0.351 e. The Hall–Kier alpha value is -3.45. The van der Waals surface area contributed by atoms with Crippen LogP contribution in [0.15, 0.2) is 0 Å². The van der Waals surface area contributed by atoms with Crippen molar-refractivity contribution in [3.05, 3.63) is 0 Å². The van der Waals surface area contributed by atoms with Gasteiger partial charge >= 0.3 is 30.1 Å². The summed E-state index contributed by atoms with van der Waals surface area (Å²) in [6, 6.07) is -5.74. The predicted octanol–water partition coefficient (Wildman–Crippen LogP) is -3.67. The third kappa shape index (κ3) is 4.43. The second kappa shape index (κ2) is 6.47. The Morgan fingerprint density at radius 3 is 1.25 bits per heavy atom. The van der Waals surface area contributed by atoms with E-state index in [2.05, 4.69) is 0 Å². The molecule has 0 radical (unpaired) electrons. The highest BCUT2D eigenvalue weighted by atomic mass is 16.4. The maximum Gasteiger partial charge on any atom is 0.351 e. The van der Waals surface area contributed by atoms with Gasteiger partial charge in [0.25, 0.3) is 0 Å². The fourth-order valence-corrected chi connectivity index (χ4v) is 1.05. The van der Waals surface area contributed by atoms with Crippen molar-refractivity contribution >= 4 is 30.1 Å². The zero-order valence-corrected chi connectivity index (χ0v) is 9.77. The van der Waals surface area contributed by atoms with E-state index in [0.29, 0.717) is 0 Å². The quantitative estimate of drug-likeness (QED) is 0.204. The first-order valence-corrected chi connectivity index (χ1v) is 4.60. The van der Waals surface area contributed by atoms with E-state index in [-0.39, 0.29) is 10.0 Å². The van der Waals surface area contributed by atoms with Crippen molar-refractivity contribution in [2.24, 2.45) is 22.9 Å². The predicted molar refractivity (Wildman–Crippen MR) is 59.7 cm³/mol. The summed E-state index contributed by atoms with van der Waals surface area (Å²) in [5, 5.41) is 8.85. The van der Waals surface area contributed by atoms with E-state index in [0.717, 1.165) is 0 Å². The van der Waals surface area contributed by atoms with Crippen LogP contribution in [0.2, 0.25) is 0 Å². The van der Waals surface area contributed by atoms with Gasteiger partial charge in [-0.2, -0.15) is 10.0 Å². The number of hydrogen-bond donors (Lipinski definition) is 7. The first-order valence-electron chi connectivity index (χ1n) is 4.60. The van der Waals surface area contributed by atoms with Crippen LogP contribution in [0.25, 0.3) is 0 Å². The van der Waals surface area contributed by atoms with Gasteiger partial charge in [-0.3, -0.25) is 0 Å². The first kappa shape index (κ1) is 16.6. The lowest BCUT2D eigenvalue weighted by Gasteiger charge is -2.33. The van der Waals surface area contributed by atoms with E-state index < -0.39 is 36.3 Å². The van der Waals surface area contributed by atoms with Gasteiger partial charge in [0.15, 0.2) is 0 Å². The molecule has 0 fully saturated rings. The highest BCUT2D eigenvalue weighted by molar-refractivity contribution is 5.88. The van der Waals surface area contributed by atoms with Crippen molar-refractivity contribution in [1.82, 2.24) is 20.9 Å². The minimum absolute atomic E-state index is 0.0502. The highest BCUT2D eigenvalue weighted by Crippen LogP contribution is 2.02. The maximum absolute atomic E-state index is 11.1. The number of nitrogens with two attached hydrogens (primary N) is 4. The fourth-order valence-electron chi connectivity index (χ4n) is 1.05. The highest BCUT2D eigenvalue weighted by Gasteiger charge is 2.38. The Kier molecular flexibility index (Phi) is 5.36. The van der Waals surface area contributed by atoms with Gasteiger partial charge in [0.2, 0.25) is 6.17 Å². The van der Waals surface area contributed by atoms with Crippen molar-refractivity contribution in [2.75, 3.05) is 0 Å². The van der Waals surface area contributed by atoms with E-state index in [9.17, 15) is 24.0 Å². The van der Waals surface area contributed by atoms with E-state index in [1.165, 1.54) is 0 Å². The molecule has 0 heterocycles. The van der Waals surface area contributed by atoms with Crippen molar-refractivity contribution in [3.63, 3.8) is 0 Å². The van der Waals surface area contributed by atoms with Crippen molar-refractivity contribution in [2.45, 2.75) is 6.17 Å². The third-order valence-electron chi connectivity index (χ3n) is 1.65. The number of nitrogens with one attached hydrogen (secondary N) is 2. The van der Waals surface area contributed by atoms with Crippen LogP contribution in [0.1, 0.15) is 0 Å². The molecule has 0 aliphatic carbocycles. The molecule has 0 saturated carbocycles. The van der Waals surface area contributed by atoms with Gasteiger partial charge in [0, 0.05) is 0 Å². The minimum Gasteiger partial charge on any atom is -0.478 e. The van der Waals surface area contributed by atoms with Crippen LogP contribution in [0.5, 0.6) is 0 Å². The second-order valence-electron chi connectivity index (χ2n) is 3.08. The van der Waals surface area contributed by atoms with Gasteiger partial charge in [-0.05, 0) is 0 Å². The van der Waals surface area contributed by atoms with E-state index in [1.54, 1.807) is 10.9 Å². The summed E-state index contributed by atoms with van der Waals surface area (Å²) in [6.07, 6.45) is -2.31. The molecular formula is C6H12N8O6. The molecule has 0 aromatic heterocycles. The lowest BCUT2D eigenvalue weighted by atomic mass is 10.4. The minimum atomic E-state index is -2.31. The molecule has 0 aromatic carbocycles. The Bertz CT molecular complexity index is 417. The van der Waals surface area contributed by atoms with Crippen LogP contribution in [0, 0.1) is 0 Å². The molecule has 0 aromatic rings. The van der Waals surface area contributed by atoms with E-state index >= 15 is 0 Å². The molecule has 0 unspecified atom stereocenters. The molecule has 0 spiro atoms. The summed E-state index contributed by atoms with van der Waals surface area (Å²) < 4.78 is 0. The average molecular weight is 292 g/mol. The second-order valence-corrected chi connectivity index (χ2v) is 3.08. The van der Waals surface area contributed by atoms with Crippen LogP contribution in [-0.4, -0.2) is 51.4 Å². The summed E-state index contributed by atoms with van der Waals surface area (Å²) in [7, 11) is 0. The number of nitrogens with zero attached hydrogens (tertiary/aromatic N) is 2. The zero-order valence-electron chi connectivity index (χ0n) is 9.77. The van der Waals surface area contributed by atoms with Crippen LogP contribution in [0.3, 0.4) is 0 Å². The molecule has 112 valence electrons. The molecule has 20 heavy (non-hydrogen) atoms. The number of hydrazine groups is 2. The molecule has 14 heteroatoms. The lowest BCUT2D eigenvalue weighted by molar-refractivity contribution is -0.149. The molecule has 8 amide bonds. The largest absolute Gasteiger partial charge is 0.478 e. The molecule has 0 bridgehead atoms. The van der Waals surface area contributed by atoms with Crippen LogP contribution >= 0.6 is 0 Å². The Morgan fingerprint density at radius 2 is 1.10 bits per heavy atom. The van der Waals surface area contributed by atoms with E-state index in [1.807, 2.05) is 0 Å². The van der Waals surface area contributed by atoms with Gasteiger partial charge in [-0.15, -0.1) is 0 Å². The van der Waals surface area contributed by atoms with Gasteiger partial charge in [-0.1, -0.05) is 0 Å². The molecule has 14 nitrogen and oxygen atoms in total. The third-order valence-corrected chi connectivity index (χ3v) is 1.65. The van der Waals surface area contributed by atoms with Crippen molar-refractivity contribution in [1.29, 1.82) is 0 Å². The Balaban J connectivity index is 5.59. The first-order chi connectivity index (χ1) is 9.07. The van der Waals surface area contributed by atoms with Crippen molar-refractivity contribution < 1.29 is 29.1 Å². The number of aliphatic carboxylic acids is 1. The Labute approximate surface area is 110 Å². The summed E-state index contributed by atoms with van der Waals surface area (Å²) >= 11 is 0. The van der Waals surface area contributed by atoms with Gasteiger partial charge in [0.1, 0.15) is 0 Å². The summed E-state index contributed by atoms with van der Waals surface area (Å²) in [6.45, 7) is 0. The maximum atomic E-state index is 11.1. The lowest BCUT2D eigenvalue weighted by Crippen LogP contribution is -2.69. The number of carboxylic acid groups (broad SMARTS) is 1. The standard InChI is InChI=1S/C6H12N8O6/c7-3(17)11-13(5(9)19)1(2(15)16)14(6(10)20)12-4(8)18/h1H,(H2,9,19)(H2,10,20)(H,15,16)(H3,7,11,17)(H3,8,12,18). The van der Waals surface area contributed by atoms with Crippen LogP contribution in [0.4, 0.5) is 19.2 Å². The molecule has 0 atom stereocenters. The number of urea groups is 4. The van der Waals surface area contributed by atoms with Gasteiger partial charge in [0.05, 0.1) is 0 Å². The number of primary amides is 4. The summed E-state index contributed by atoms with van der Waals surface area (Å²) in [5.74, 6) is -1.88. The van der Waals surface area contributed by atoms with Crippen LogP contribution in [-0.2, 0) is 4.79 Å².